The van der Waals surface area contributed by atoms with Crippen molar-refractivity contribution in [3.8, 4) is 0 Å². The highest BCUT2D eigenvalue weighted by atomic mass is 79.9. The van der Waals surface area contributed by atoms with E-state index in [2.05, 4.69) is 26.2 Å². The Kier molecular flexibility index (Phi) is 6.47. The molecule has 1 aliphatic heterocycles. The molecule has 2 atom stereocenters. The van der Waals surface area contributed by atoms with Gasteiger partial charge in [0.25, 0.3) is 0 Å². The number of amides is 2. The summed E-state index contributed by atoms with van der Waals surface area (Å²) in [5, 5.41) is 2.68. The minimum absolute atomic E-state index is 0.182. The van der Waals surface area contributed by atoms with Crippen molar-refractivity contribution in [2.45, 2.75) is 51.4 Å². The Morgan fingerprint density at radius 2 is 2.11 bits per heavy atom. The summed E-state index contributed by atoms with van der Waals surface area (Å²) in [6.07, 6.45) is -0.920. The summed E-state index contributed by atoms with van der Waals surface area (Å²) >= 11 is 3.25. The molecule has 2 amide bonds. The number of nitrogens with one attached hydrogen (secondary N) is 1. The summed E-state index contributed by atoms with van der Waals surface area (Å²) in [6.45, 7) is 6.43. The van der Waals surface area contributed by atoms with Gasteiger partial charge in [0.05, 0.1) is 13.2 Å². The molecule has 7 nitrogen and oxygen atoms in total. The third kappa shape index (κ3) is 5.62. The van der Waals surface area contributed by atoms with Crippen LogP contribution < -0.4 is 5.32 Å². The Balaban J connectivity index is 2.24. The van der Waals surface area contributed by atoms with Crippen molar-refractivity contribution in [2.75, 3.05) is 25.6 Å². The number of nitrogens with zero attached hydrogens (tertiary/aromatic N) is 2. The number of carbonyl (C=O) groups excluding carboxylic acids is 2. The lowest BCUT2D eigenvalue weighted by atomic mass is 10.0. The second kappa shape index (κ2) is 8.10. The van der Waals surface area contributed by atoms with E-state index < -0.39 is 29.3 Å². The van der Waals surface area contributed by atoms with Crippen molar-refractivity contribution in [3.63, 3.8) is 0 Å². The Morgan fingerprint density at radius 3 is 2.70 bits per heavy atom. The Bertz CT molecular complexity index is 725. The first-order valence-electron chi connectivity index (χ1n) is 8.55. The number of anilines is 1. The van der Waals surface area contributed by atoms with Crippen LogP contribution in [0.4, 0.5) is 15.0 Å². The molecule has 0 saturated carbocycles. The lowest BCUT2D eigenvalue weighted by molar-refractivity contribution is -0.120. The first-order chi connectivity index (χ1) is 12.4. The first kappa shape index (κ1) is 21.6. The minimum Gasteiger partial charge on any atom is -0.444 e. The van der Waals surface area contributed by atoms with E-state index in [-0.39, 0.29) is 19.6 Å². The van der Waals surface area contributed by atoms with Gasteiger partial charge in [-0.15, -0.1) is 0 Å². The number of methoxy groups -OCH3 is 1. The molecule has 1 saturated heterocycles. The van der Waals surface area contributed by atoms with Crippen LogP contribution >= 0.6 is 15.9 Å². The molecular weight excluding hydrogens is 421 g/mol. The summed E-state index contributed by atoms with van der Waals surface area (Å²) in [5.41, 5.74) is -1.84. The number of rotatable bonds is 4. The van der Waals surface area contributed by atoms with Crippen molar-refractivity contribution < 1.29 is 23.5 Å². The van der Waals surface area contributed by atoms with E-state index in [0.717, 1.165) is 10.5 Å². The molecule has 1 aromatic heterocycles. The maximum absolute atomic E-state index is 15.1. The minimum atomic E-state index is -1.83. The molecular formula is C18H25BrFN3O4. The Morgan fingerprint density at radius 1 is 1.44 bits per heavy atom. The van der Waals surface area contributed by atoms with Crippen LogP contribution in [0.5, 0.6) is 0 Å². The molecule has 1 aliphatic rings. The normalized spacial score (nSPS) is 22.6. The number of hydrogen-bond acceptors (Lipinski definition) is 5. The van der Waals surface area contributed by atoms with Crippen molar-refractivity contribution in [3.05, 3.63) is 22.3 Å². The second-order valence-corrected chi connectivity index (χ2v) is 8.51. The van der Waals surface area contributed by atoms with Gasteiger partial charge in [0, 0.05) is 13.5 Å². The predicted molar refractivity (Wildman–Crippen MR) is 102 cm³/mol. The van der Waals surface area contributed by atoms with E-state index in [1.807, 2.05) is 0 Å². The number of aryl methyl sites for hydroxylation is 1. The van der Waals surface area contributed by atoms with Gasteiger partial charge in [-0.05, 0) is 55.3 Å². The lowest BCUT2D eigenvalue weighted by Crippen LogP contribution is -2.45. The molecule has 0 bridgehead atoms. The number of aromatic nitrogens is 1. The van der Waals surface area contributed by atoms with Crippen LogP contribution in [0.15, 0.2) is 16.7 Å². The van der Waals surface area contributed by atoms with Crippen LogP contribution in [0.25, 0.3) is 0 Å². The number of likely N-dealkylation sites (tertiary alicyclic amines) is 1. The lowest BCUT2D eigenvalue weighted by Gasteiger charge is -2.28. The van der Waals surface area contributed by atoms with Crippen LogP contribution in [0.3, 0.4) is 0 Å². The first-order valence-corrected chi connectivity index (χ1v) is 9.35. The number of hydrogen-bond donors (Lipinski definition) is 1. The maximum atomic E-state index is 15.1. The molecule has 0 unspecified atom stereocenters. The summed E-state index contributed by atoms with van der Waals surface area (Å²) in [7, 11) is 1.38. The average Bonchev–Trinajstić information content (AvgIpc) is 2.88. The van der Waals surface area contributed by atoms with Crippen molar-refractivity contribution in [1.29, 1.82) is 0 Å². The number of alkyl halides is 1. The number of pyridine rings is 1. The third-order valence-corrected chi connectivity index (χ3v) is 4.47. The molecule has 150 valence electrons. The SMILES string of the molecule is COC[C@]1(F)C[C@@H](C(=O)Nc2nc(Br)ccc2C)N(C(=O)OC(C)(C)C)C1. The third-order valence-electron chi connectivity index (χ3n) is 4.03. The molecule has 2 heterocycles. The largest absolute Gasteiger partial charge is 0.444 e. The molecule has 0 aliphatic carbocycles. The van der Waals surface area contributed by atoms with E-state index >= 15 is 4.39 Å². The van der Waals surface area contributed by atoms with E-state index in [4.69, 9.17) is 9.47 Å². The van der Waals surface area contributed by atoms with Crippen molar-refractivity contribution in [2.24, 2.45) is 0 Å². The molecule has 9 heteroatoms. The van der Waals surface area contributed by atoms with Crippen LogP contribution in [0.1, 0.15) is 32.8 Å². The van der Waals surface area contributed by atoms with Gasteiger partial charge < -0.3 is 14.8 Å². The zero-order chi connectivity index (χ0) is 20.4. The maximum Gasteiger partial charge on any atom is 0.411 e. The van der Waals surface area contributed by atoms with Crippen molar-refractivity contribution in [1.82, 2.24) is 9.88 Å². The molecule has 0 spiro atoms. The highest BCUT2D eigenvalue weighted by Gasteiger charge is 2.50. The van der Waals surface area contributed by atoms with Gasteiger partial charge in [0.1, 0.15) is 22.1 Å². The number of halogens is 2. The van der Waals surface area contributed by atoms with Crippen LogP contribution in [-0.4, -0.2) is 59.5 Å². The summed E-state index contributed by atoms with van der Waals surface area (Å²) < 4.78 is 25.9. The highest BCUT2D eigenvalue weighted by molar-refractivity contribution is 9.10. The highest BCUT2D eigenvalue weighted by Crippen LogP contribution is 2.33. The van der Waals surface area contributed by atoms with Gasteiger partial charge in [0.15, 0.2) is 5.67 Å². The molecule has 1 fully saturated rings. The van der Waals surface area contributed by atoms with E-state index in [1.165, 1.54) is 7.11 Å². The zero-order valence-corrected chi connectivity index (χ0v) is 17.7. The Labute approximate surface area is 166 Å². The van der Waals surface area contributed by atoms with Crippen LogP contribution in [0, 0.1) is 6.92 Å². The van der Waals surface area contributed by atoms with Gasteiger partial charge in [-0.2, -0.15) is 0 Å². The number of carbonyl (C=O) groups is 2. The van der Waals surface area contributed by atoms with Crippen LogP contribution in [0.2, 0.25) is 0 Å². The topological polar surface area (TPSA) is 80.8 Å². The van der Waals surface area contributed by atoms with E-state index in [9.17, 15) is 9.59 Å². The number of ether oxygens (including phenoxy) is 2. The predicted octanol–water partition coefficient (Wildman–Crippen LogP) is 3.46. The monoisotopic (exact) mass is 445 g/mol. The van der Waals surface area contributed by atoms with Crippen molar-refractivity contribution >= 4 is 33.7 Å². The van der Waals surface area contributed by atoms with E-state index in [1.54, 1.807) is 39.8 Å². The summed E-state index contributed by atoms with van der Waals surface area (Å²) in [5.74, 6) is -0.174. The molecule has 2 rings (SSSR count). The van der Waals surface area contributed by atoms with Gasteiger partial charge in [-0.25, -0.2) is 14.2 Å². The molecule has 0 radical (unpaired) electrons. The molecule has 1 N–H and O–H groups in total. The fraction of sp³-hybridized carbons (Fsp3) is 0.611. The average molecular weight is 446 g/mol. The van der Waals surface area contributed by atoms with Gasteiger partial charge in [0.2, 0.25) is 5.91 Å². The van der Waals surface area contributed by atoms with E-state index in [0.29, 0.717) is 10.4 Å². The second-order valence-electron chi connectivity index (χ2n) is 7.70. The smallest absolute Gasteiger partial charge is 0.411 e. The fourth-order valence-corrected chi connectivity index (χ4v) is 3.19. The van der Waals surface area contributed by atoms with Crippen LogP contribution in [-0.2, 0) is 14.3 Å². The summed E-state index contributed by atoms with van der Waals surface area (Å²) in [6, 6.07) is 2.51. The summed E-state index contributed by atoms with van der Waals surface area (Å²) in [4.78, 5) is 30.7. The molecule has 27 heavy (non-hydrogen) atoms. The zero-order valence-electron chi connectivity index (χ0n) is 16.1. The molecule has 1 aromatic rings. The van der Waals surface area contributed by atoms with Gasteiger partial charge in [-0.3, -0.25) is 9.69 Å². The molecule has 0 aromatic carbocycles. The van der Waals surface area contributed by atoms with Gasteiger partial charge in [-0.1, -0.05) is 6.07 Å². The van der Waals surface area contributed by atoms with Gasteiger partial charge >= 0.3 is 6.09 Å². The standard InChI is InChI=1S/C18H25BrFN3O4/c1-11-6-7-13(19)21-14(11)22-15(24)12-8-18(20,10-26-5)9-23(12)16(25)27-17(2,3)4/h6-7,12H,8-10H2,1-5H3,(H,21,22,24)/t12-,18-/m0/s1. The Hall–Kier alpha value is -1.74. The fourth-order valence-electron chi connectivity index (χ4n) is 2.88. The quantitative estimate of drug-likeness (QED) is 0.717.